The highest BCUT2D eigenvalue weighted by molar-refractivity contribution is 7.22. The van der Waals surface area contributed by atoms with Crippen LogP contribution in [0.1, 0.15) is 13.3 Å². The van der Waals surface area contributed by atoms with Crippen molar-refractivity contribution in [2.24, 2.45) is 0 Å². The Labute approximate surface area is 104 Å². The second-order valence-electron chi connectivity index (χ2n) is 4.89. The molecule has 2 aromatic rings. The minimum Gasteiger partial charge on any atom is -0.399 e. The van der Waals surface area contributed by atoms with Gasteiger partial charge in [-0.2, -0.15) is 0 Å². The standard InChI is InChI=1S/C12H15N3OS/c1-12(16)4-5-15(7-12)11-14-9-3-2-8(13)6-10(9)17-11/h2-3,6,16H,4-5,7,13H2,1H3. The molecule has 1 saturated heterocycles. The smallest absolute Gasteiger partial charge is 0.186 e. The average Bonchev–Trinajstić information content (AvgIpc) is 2.80. The largest absolute Gasteiger partial charge is 0.399 e. The summed E-state index contributed by atoms with van der Waals surface area (Å²) in [5.74, 6) is 0. The fraction of sp³-hybridized carbons (Fsp3) is 0.417. The van der Waals surface area contributed by atoms with Crippen LogP contribution in [0.2, 0.25) is 0 Å². The van der Waals surface area contributed by atoms with E-state index < -0.39 is 5.60 Å². The molecule has 0 spiro atoms. The van der Waals surface area contributed by atoms with Gasteiger partial charge in [0.25, 0.3) is 0 Å². The molecule has 1 aromatic carbocycles. The van der Waals surface area contributed by atoms with Crippen LogP contribution in [0.4, 0.5) is 10.8 Å². The SMILES string of the molecule is CC1(O)CCN(c2nc3ccc(N)cc3s2)C1. The number of hydrogen-bond donors (Lipinski definition) is 2. The third-order valence-electron chi connectivity index (χ3n) is 3.12. The highest BCUT2D eigenvalue weighted by atomic mass is 32.1. The van der Waals surface area contributed by atoms with Crippen LogP contribution in [0, 0.1) is 0 Å². The first kappa shape index (κ1) is 10.8. The van der Waals surface area contributed by atoms with E-state index in [9.17, 15) is 5.11 Å². The number of aromatic nitrogens is 1. The van der Waals surface area contributed by atoms with Gasteiger partial charge in [-0.05, 0) is 31.5 Å². The van der Waals surface area contributed by atoms with E-state index in [-0.39, 0.29) is 0 Å². The first-order valence-corrected chi connectivity index (χ1v) is 6.49. The van der Waals surface area contributed by atoms with Crippen molar-refractivity contribution < 1.29 is 5.11 Å². The molecule has 1 fully saturated rings. The number of fused-ring (bicyclic) bond motifs is 1. The molecule has 0 saturated carbocycles. The van der Waals surface area contributed by atoms with Crippen LogP contribution < -0.4 is 10.6 Å². The van der Waals surface area contributed by atoms with Crippen molar-refractivity contribution in [1.82, 2.24) is 4.98 Å². The van der Waals surface area contributed by atoms with Crippen LogP contribution in [-0.4, -0.2) is 28.8 Å². The molecule has 0 amide bonds. The fourth-order valence-electron chi connectivity index (χ4n) is 2.17. The average molecular weight is 249 g/mol. The second kappa shape index (κ2) is 3.58. The molecule has 1 unspecified atom stereocenters. The topological polar surface area (TPSA) is 62.4 Å². The maximum atomic E-state index is 9.96. The third kappa shape index (κ3) is 1.96. The number of nitrogens with two attached hydrogens (primary N) is 1. The summed E-state index contributed by atoms with van der Waals surface area (Å²) in [5.41, 5.74) is 6.91. The number of nitrogen functional groups attached to an aromatic ring is 1. The number of β-amino-alcohol motifs (C(OH)–C–C–N with tert-alkyl or cyclic N) is 1. The van der Waals surface area contributed by atoms with E-state index in [1.165, 1.54) is 0 Å². The second-order valence-corrected chi connectivity index (χ2v) is 5.90. The van der Waals surface area contributed by atoms with Crippen LogP contribution in [0.5, 0.6) is 0 Å². The van der Waals surface area contributed by atoms with Crippen molar-refractivity contribution in [3.63, 3.8) is 0 Å². The highest BCUT2D eigenvalue weighted by Crippen LogP contribution is 2.33. The Kier molecular flexibility index (Phi) is 2.27. The van der Waals surface area contributed by atoms with E-state index in [4.69, 9.17) is 5.73 Å². The number of rotatable bonds is 1. The van der Waals surface area contributed by atoms with Crippen LogP contribution in [0.3, 0.4) is 0 Å². The van der Waals surface area contributed by atoms with Gasteiger partial charge in [0.2, 0.25) is 0 Å². The van der Waals surface area contributed by atoms with Crippen LogP contribution in [0.25, 0.3) is 10.2 Å². The Morgan fingerprint density at radius 2 is 2.35 bits per heavy atom. The van der Waals surface area contributed by atoms with Crippen molar-refractivity contribution in [2.75, 3.05) is 23.7 Å². The number of thiazole rings is 1. The Balaban J connectivity index is 1.96. The van der Waals surface area contributed by atoms with Crippen LogP contribution in [-0.2, 0) is 0 Å². The van der Waals surface area contributed by atoms with Gasteiger partial charge in [0.1, 0.15) is 0 Å². The number of benzene rings is 1. The molecule has 0 bridgehead atoms. The number of anilines is 2. The summed E-state index contributed by atoms with van der Waals surface area (Å²) in [6.07, 6.45) is 0.797. The van der Waals surface area contributed by atoms with Gasteiger partial charge in [-0.25, -0.2) is 4.98 Å². The van der Waals surface area contributed by atoms with E-state index in [0.717, 1.165) is 34.0 Å². The monoisotopic (exact) mass is 249 g/mol. The Bertz CT molecular complexity index is 564. The van der Waals surface area contributed by atoms with Crippen molar-refractivity contribution in [3.8, 4) is 0 Å². The number of hydrogen-bond acceptors (Lipinski definition) is 5. The molecule has 17 heavy (non-hydrogen) atoms. The van der Waals surface area contributed by atoms with Crippen molar-refractivity contribution >= 4 is 32.4 Å². The zero-order valence-electron chi connectivity index (χ0n) is 9.68. The van der Waals surface area contributed by atoms with Crippen LogP contribution >= 0.6 is 11.3 Å². The van der Waals surface area contributed by atoms with Gasteiger partial charge in [0.05, 0.1) is 15.8 Å². The summed E-state index contributed by atoms with van der Waals surface area (Å²) in [6.45, 7) is 3.39. The molecule has 1 atom stereocenters. The van der Waals surface area contributed by atoms with Gasteiger partial charge < -0.3 is 15.7 Å². The predicted octanol–water partition coefficient (Wildman–Crippen LogP) is 1.84. The first-order valence-electron chi connectivity index (χ1n) is 5.67. The molecule has 90 valence electrons. The van der Waals surface area contributed by atoms with Crippen molar-refractivity contribution in [1.29, 1.82) is 0 Å². The third-order valence-corrected chi connectivity index (χ3v) is 4.20. The molecule has 2 heterocycles. The minimum absolute atomic E-state index is 0.586. The van der Waals surface area contributed by atoms with Gasteiger partial charge in [-0.1, -0.05) is 11.3 Å². The molecule has 0 radical (unpaired) electrons. The first-order chi connectivity index (χ1) is 8.03. The van der Waals surface area contributed by atoms with E-state index in [2.05, 4.69) is 9.88 Å². The van der Waals surface area contributed by atoms with Gasteiger partial charge in [-0.15, -0.1) is 0 Å². The number of aliphatic hydroxyl groups is 1. The Morgan fingerprint density at radius 3 is 3.06 bits per heavy atom. The lowest BCUT2D eigenvalue weighted by Gasteiger charge is -2.17. The molecular formula is C12H15N3OS. The van der Waals surface area contributed by atoms with E-state index in [1.807, 2.05) is 25.1 Å². The fourth-order valence-corrected chi connectivity index (χ4v) is 3.21. The molecule has 1 aliphatic rings. The minimum atomic E-state index is -0.586. The van der Waals surface area contributed by atoms with Gasteiger partial charge in [0, 0.05) is 18.8 Å². The van der Waals surface area contributed by atoms with Crippen molar-refractivity contribution in [3.05, 3.63) is 18.2 Å². The molecular weight excluding hydrogens is 234 g/mol. The lowest BCUT2D eigenvalue weighted by Crippen LogP contribution is -2.29. The Morgan fingerprint density at radius 1 is 1.53 bits per heavy atom. The summed E-state index contributed by atoms with van der Waals surface area (Å²) >= 11 is 1.63. The lowest BCUT2D eigenvalue weighted by atomic mass is 10.1. The van der Waals surface area contributed by atoms with Gasteiger partial charge in [0.15, 0.2) is 5.13 Å². The summed E-state index contributed by atoms with van der Waals surface area (Å²) in [7, 11) is 0. The molecule has 3 rings (SSSR count). The summed E-state index contributed by atoms with van der Waals surface area (Å²) in [5, 5.41) is 10.9. The van der Waals surface area contributed by atoms with Crippen molar-refractivity contribution in [2.45, 2.75) is 18.9 Å². The van der Waals surface area contributed by atoms with Gasteiger partial charge in [-0.3, -0.25) is 0 Å². The van der Waals surface area contributed by atoms with Crippen LogP contribution in [0.15, 0.2) is 18.2 Å². The highest BCUT2D eigenvalue weighted by Gasteiger charge is 2.32. The summed E-state index contributed by atoms with van der Waals surface area (Å²) < 4.78 is 1.10. The zero-order chi connectivity index (χ0) is 12.0. The molecule has 3 N–H and O–H groups in total. The molecule has 5 heteroatoms. The summed E-state index contributed by atoms with van der Waals surface area (Å²) in [6, 6.07) is 5.76. The molecule has 1 aromatic heterocycles. The maximum absolute atomic E-state index is 9.96. The molecule has 1 aliphatic heterocycles. The van der Waals surface area contributed by atoms with E-state index in [1.54, 1.807) is 11.3 Å². The number of nitrogens with zero attached hydrogens (tertiary/aromatic N) is 2. The normalized spacial score (nSPS) is 24.7. The maximum Gasteiger partial charge on any atom is 0.186 e. The van der Waals surface area contributed by atoms with E-state index >= 15 is 0 Å². The lowest BCUT2D eigenvalue weighted by molar-refractivity contribution is 0.0839. The van der Waals surface area contributed by atoms with Gasteiger partial charge >= 0.3 is 0 Å². The Hall–Kier alpha value is -1.33. The predicted molar refractivity (Wildman–Crippen MR) is 71.5 cm³/mol. The molecule has 0 aliphatic carbocycles. The quantitative estimate of drug-likeness (QED) is 0.757. The van der Waals surface area contributed by atoms with E-state index in [0.29, 0.717) is 6.54 Å². The summed E-state index contributed by atoms with van der Waals surface area (Å²) in [4.78, 5) is 6.72. The molecule has 4 nitrogen and oxygen atoms in total. The zero-order valence-corrected chi connectivity index (χ0v) is 10.5.